The van der Waals surface area contributed by atoms with Crippen LogP contribution in [-0.4, -0.2) is 27.1 Å². The van der Waals surface area contributed by atoms with E-state index in [-0.39, 0.29) is 11.9 Å². The van der Waals surface area contributed by atoms with Gasteiger partial charge in [0.15, 0.2) is 0 Å². The number of ether oxygens (including phenoxy) is 1. The first-order valence-electron chi connectivity index (χ1n) is 10.1. The zero-order valence-electron chi connectivity index (χ0n) is 16.7. The summed E-state index contributed by atoms with van der Waals surface area (Å²) >= 11 is 0. The summed E-state index contributed by atoms with van der Waals surface area (Å²) in [5, 5.41) is 10.6. The molecule has 0 spiro atoms. The van der Waals surface area contributed by atoms with Crippen LogP contribution in [0.2, 0.25) is 0 Å². The maximum absolute atomic E-state index is 10.1. The predicted octanol–water partition coefficient (Wildman–Crippen LogP) is 5.24. The lowest BCUT2D eigenvalue weighted by Gasteiger charge is -2.20. The molecule has 1 N–H and O–H groups in total. The average Bonchev–Trinajstić information content (AvgIpc) is 3.58. The first-order chi connectivity index (χ1) is 14.7. The highest BCUT2D eigenvalue weighted by molar-refractivity contribution is 5.82. The molecule has 0 aliphatic heterocycles. The molecule has 5 rings (SSSR count). The molecule has 0 radical (unpaired) electrons. The number of rotatable bonds is 6. The van der Waals surface area contributed by atoms with Gasteiger partial charge in [-0.1, -0.05) is 12.1 Å². The first kappa shape index (κ1) is 18.4. The lowest BCUT2D eigenvalue weighted by Crippen LogP contribution is -2.09. The van der Waals surface area contributed by atoms with Crippen molar-refractivity contribution in [3.8, 4) is 17.6 Å². The fraction of sp³-hybridized carbons (Fsp3) is 0.208. The highest BCUT2D eigenvalue weighted by Gasteiger charge is 2.21. The molecule has 150 valence electrons. The number of fused-ring (bicyclic) bond motifs is 1. The highest BCUT2D eigenvalue weighted by Crippen LogP contribution is 2.33. The van der Waals surface area contributed by atoms with E-state index in [0.717, 1.165) is 17.3 Å². The number of aromatic nitrogens is 3. The Labute approximate surface area is 174 Å². The Morgan fingerprint density at radius 1 is 0.967 bits per heavy atom. The second-order valence-electron chi connectivity index (χ2n) is 7.69. The summed E-state index contributed by atoms with van der Waals surface area (Å²) in [6.45, 7) is 0. The summed E-state index contributed by atoms with van der Waals surface area (Å²) < 4.78 is 5.74. The smallest absolute Gasteiger partial charge is 0.325 e. The van der Waals surface area contributed by atoms with E-state index in [1.807, 2.05) is 31.3 Å². The Morgan fingerprint density at radius 3 is 2.37 bits per heavy atom. The van der Waals surface area contributed by atoms with Crippen LogP contribution in [0.4, 0.5) is 11.4 Å². The van der Waals surface area contributed by atoms with Crippen LogP contribution in [0.25, 0.3) is 10.9 Å². The van der Waals surface area contributed by atoms with E-state index in [1.54, 1.807) is 18.5 Å². The molecule has 0 bridgehead atoms. The van der Waals surface area contributed by atoms with Crippen molar-refractivity contribution in [1.29, 1.82) is 0 Å². The van der Waals surface area contributed by atoms with E-state index < -0.39 is 0 Å². The summed E-state index contributed by atoms with van der Waals surface area (Å²) in [7, 11) is 2.04. The number of benzene rings is 2. The van der Waals surface area contributed by atoms with E-state index in [1.165, 1.54) is 24.8 Å². The van der Waals surface area contributed by atoms with Gasteiger partial charge in [0.25, 0.3) is 0 Å². The van der Waals surface area contributed by atoms with E-state index in [0.29, 0.717) is 16.7 Å². The molecule has 6 heteroatoms. The van der Waals surface area contributed by atoms with Gasteiger partial charge in [-0.15, -0.1) is 0 Å². The van der Waals surface area contributed by atoms with E-state index >= 15 is 0 Å². The molecule has 0 atom stereocenters. The van der Waals surface area contributed by atoms with Gasteiger partial charge in [0.2, 0.25) is 5.88 Å². The minimum atomic E-state index is -0.126. The molecular weight excluding hydrogens is 376 g/mol. The Kier molecular flexibility index (Phi) is 4.67. The SMILES string of the molecule is CN(c1ccc(CC2CC2)cc1)c1ccc(Oc2nc(O)c3ccncc3n2)cc1. The van der Waals surface area contributed by atoms with Crippen LogP contribution < -0.4 is 9.64 Å². The van der Waals surface area contributed by atoms with Crippen molar-refractivity contribution in [3.63, 3.8) is 0 Å². The molecule has 30 heavy (non-hydrogen) atoms. The highest BCUT2D eigenvalue weighted by atomic mass is 16.5. The van der Waals surface area contributed by atoms with Crippen molar-refractivity contribution >= 4 is 22.3 Å². The van der Waals surface area contributed by atoms with E-state index in [9.17, 15) is 5.11 Å². The van der Waals surface area contributed by atoms with Gasteiger partial charge in [0, 0.05) is 24.6 Å². The van der Waals surface area contributed by atoms with Crippen LogP contribution >= 0.6 is 0 Å². The fourth-order valence-corrected chi connectivity index (χ4v) is 3.49. The van der Waals surface area contributed by atoms with Gasteiger partial charge in [0.1, 0.15) is 5.75 Å². The molecular formula is C24H22N4O2. The zero-order chi connectivity index (χ0) is 20.5. The number of hydrogen-bond donors (Lipinski definition) is 1. The number of anilines is 2. The number of nitrogens with zero attached hydrogens (tertiary/aromatic N) is 4. The molecule has 6 nitrogen and oxygen atoms in total. The normalized spacial score (nSPS) is 13.4. The molecule has 2 aromatic carbocycles. The van der Waals surface area contributed by atoms with Gasteiger partial charge in [0.05, 0.1) is 17.1 Å². The minimum Gasteiger partial charge on any atom is -0.493 e. The lowest BCUT2D eigenvalue weighted by atomic mass is 10.1. The van der Waals surface area contributed by atoms with Gasteiger partial charge < -0.3 is 14.7 Å². The Hall–Kier alpha value is -3.67. The van der Waals surface area contributed by atoms with Crippen LogP contribution in [0.1, 0.15) is 18.4 Å². The fourth-order valence-electron chi connectivity index (χ4n) is 3.49. The molecule has 4 aromatic rings. The van der Waals surface area contributed by atoms with E-state index in [2.05, 4.69) is 44.1 Å². The summed E-state index contributed by atoms with van der Waals surface area (Å²) in [5.41, 5.74) is 4.12. The van der Waals surface area contributed by atoms with E-state index in [4.69, 9.17) is 4.74 Å². The Balaban J connectivity index is 1.30. The average molecular weight is 398 g/mol. The van der Waals surface area contributed by atoms with Gasteiger partial charge >= 0.3 is 6.01 Å². The third-order valence-corrected chi connectivity index (χ3v) is 5.44. The molecule has 1 saturated carbocycles. The maximum Gasteiger partial charge on any atom is 0.325 e. The minimum absolute atomic E-state index is 0.0837. The summed E-state index contributed by atoms with van der Waals surface area (Å²) in [5.74, 6) is 1.36. The molecule has 1 aliphatic carbocycles. The molecule has 2 aromatic heterocycles. The van der Waals surface area contributed by atoms with Crippen molar-refractivity contribution in [1.82, 2.24) is 15.0 Å². The number of aromatic hydroxyl groups is 1. The monoisotopic (exact) mass is 398 g/mol. The van der Waals surface area contributed by atoms with Crippen LogP contribution in [0.3, 0.4) is 0 Å². The lowest BCUT2D eigenvalue weighted by molar-refractivity contribution is 0.412. The number of hydrogen-bond acceptors (Lipinski definition) is 6. The van der Waals surface area contributed by atoms with Crippen LogP contribution in [0, 0.1) is 5.92 Å². The first-order valence-corrected chi connectivity index (χ1v) is 10.1. The Morgan fingerprint density at radius 2 is 1.67 bits per heavy atom. The quantitative estimate of drug-likeness (QED) is 0.479. The van der Waals surface area contributed by atoms with Gasteiger partial charge in [-0.2, -0.15) is 9.97 Å². The van der Waals surface area contributed by atoms with Crippen molar-refractivity contribution in [2.45, 2.75) is 19.3 Å². The second kappa shape index (κ2) is 7.63. The van der Waals surface area contributed by atoms with Gasteiger partial charge in [-0.3, -0.25) is 4.98 Å². The summed E-state index contributed by atoms with van der Waals surface area (Å²) in [6, 6.07) is 18.2. The molecule has 1 fully saturated rings. The third-order valence-electron chi connectivity index (χ3n) is 5.44. The van der Waals surface area contributed by atoms with Crippen LogP contribution in [0.15, 0.2) is 67.0 Å². The van der Waals surface area contributed by atoms with Crippen molar-refractivity contribution in [2.24, 2.45) is 5.92 Å². The molecule has 0 unspecified atom stereocenters. The molecule has 1 aliphatic rings. The maximum atomic E-state index is 10.1. The molecule has 2 heterocycles. The summed E-state index contributed by atoms with van der Waals surface area (Å²) in [6.07, 6.45) is 7.09. The molecule has 0 amide bonds. The van der Waals surface area contributed by atoms with Gasteiger partial charge in [-0.25, -0.2) is 0 Å². The molecule has 0 saturated heterocycles. The zero-order valence-corrected chi connectivity index (χ0v) is 16.7. The largest absolute Gasteiger partial charge is 0.493 e. The third kappa shape index (κ3) is 3.89. The van der Waals surface area contributed by atoms with Crippen LogP contribution in [-0.2, 0) is 6.42 Å². The van der Waals surface area contributed by atoms with Crippen LogP contribution in [0.5, 0.6) is 17.6 Å². The topological polar surface area (TPSA) is 71.4 Å². The standard InChI is InChI=1S/C24H22N4O2/c1-28(18-6-4-17(5-7-18)14-16-2-3-16)19-8-10-20(11-9-19)30-24-26-22-15-25-13-12-21(22)23(29)27-24/h4-13,15-16H,2-3,14H2,1H3,(H,26,27,29). The summed E-state index contributed by atoms with van der Waals surface area (Å²) in [4.78, 5) is 14.5. The number of pyridine rings is 1. The van der Waals surface area contributed by atoms with Crippen molar-refractivity contribution in [2.75, 3.05) is 11.9 Å². The van der Waals surface area contributed by atoms with Gasteiger partial charge in [-0.05, 0) is 73.2 Å². The van der Waals surface area contributed by atoms with Crippen molar-refractivity contribution < 1.29 is 9.84 Å². The second-order valence-corrected chi connectivity index (χ2v) is 7.69. The van der Waals surface area contributed by atoms with Crippen molar-refractivity contribution in [3.05, 3.63) is 72.6 Å². The Bertz CT molecular complexity index is 1170. The predicted molar refractivity (Wildman–Crippen MR) is 116 cm³/mol.